The summed E-state index contributed by atoms with van der Waals surface area (Å²) in [5.74, 6) is 2.34. The molecule has 25 heavy (non-hydrogen) atoms. The van der Waals surface area contributed by atoms with E-state index < -0.39 is 0 Å². The van der Waals surface area contributed by atoms with Crippen LogP contribution in [0.3, 0.4) is 0 Å². The van der Waals surface area contributed by atoms with E-state index in [1.165, 1.54) is 0 Å². The lowest BCUT2D eigenvalue weighted by Crippen LogP contribution is -2.51. The Morgan fingerprint density at radius 3 is 2.80 bits per heavy atom. The molecule has 0 amide bonds. The Balaban J connectivity index is 1.40. The molecule has 1 aliphatic heterocycles. The van der Waals surface area contributed by atoms with Gasteiger partial charge in [0.05, 0.1) is 0 Å². The molecule has 1 fully saturated rings. The van der Waals surface area contributed by atoms with E-state index >= 15 is 0 Å². The average Bonchev–Trinajstić information content (AvgIpc) is 3.30. The first-order valence-electron chi connectivity index (χ1n) is 8.65. The van der Waals surface area contributed by atoms with Crippen molar-refractivity contribution in [3.63, 3.8) is 0 Å². The molecule has 1 saturated heterocycles. The second-order valence-electron chi connectivity index (χ2n) is 6.33. The van der Waals surface area contributed by atoms with Crippen LogP contribution in [0.2, 0.25) is 0 Å². The summed E-state index contributed by atoms with van der Waals surface area (Å²) in [5, 5.41) is 7.05. The van der Waals surface area contributed by atoms with Crippen LogP contribution in [-0.4, -0.2) is 58.7 Å². The van der Waals surface area contributed by atoms with E-state index in [4.69, 9.17) is 10.3 Å². The zero-order valence-corrected chi connectivity index (χ0v) is 15.6. The number of piperazine rings is 1. The van der Waals surface area contributed by atoms with Crippen LogP contribution in [-0.2, 0) is 6.42 Å². The number of guanidine groups is 1. The highest BCUT2D eigenvalue weighted by molar-refractivity contribution is 7.13. The number of hydrogen-bond acceptors (Lipinski definition) is 7. The van der Waals surface area contributed by atoms with E-state index in [1.54, 1.807) is 11.3 Å². The third-order valence-corrected chi connectivity index (χ3v) is 4.95. The van der Waals surface area contributed by atoms with Gasteiger partial charge < -0.3 is 20.1 Å². The molecule has 1 aliphatic rings. The van der Waals surface area contributed by atoms with E-state index in [9.17, 15) is 0 Å². The third kappa shape index (κ3) is 4.68. The zero-order chi connectivity index (χ0) is 17.6. The largest absolute Gasteiger partial charge is 0.370 e. The summed E-state index contributed by atoms with van der Waals surface area (Å²) in [7, 11) is 0. The highest BCUT2D eigenvalue weighted by Crippen LogP contribution is 2.18. The molecular formula is C16H25N7OS. The van der Waals surface area contributed by atoms with Crippen molar-refractivity contribution in [2.24, 2.45) is 10.7 Å². The van der Waals surface area contributed by atoms with Crippen LogP contribution < -0.4 is 10.6 Å². The molecule has 0 radical (unpaired) electrons. The monoisotopic (exact) mass is 363 g/mol. The molecule has 0 saturated carbocycles. The minimum absolute atomic E-state index is 0.286. The molecule has 0 unspecified atom stereocenters. The maximum atomic E-state index is 6.13. The van der Waals surface area contributed by atoms with Crippen LogP contribution in [0, 0.1) is 0 Å². The van der Waals surface area contributed by atoms with Crippen LogP contribution in [0.5, 0.6) is 0 Å². The molecule has 3 heterocycles. The van der Waals surface area contributed by atoms with Crippen LogP contribution in [0.15, 0.2) is 21.1 Å². The zero-order valence-electron chi connectivity index (χ0n) is 14.8. The number of nitrogens with two attached hydrogens (primary N) is 1. The van der Waals surface area contributed by atoms with Gasteiger partial charge in [0.2, 0.25) is 5.89 Å². The van der Waals surface area contributed by atoms with E-state index in [0.29, 0.717) is 18.4 Å². The van der Waals surface area contributed by atoms with Gasteiger partial charge in [-0.3, -0.25) is 4.99 Å². The summed E-state index contributed by atoms with van der Waals surface area (Å²) in [6.07, 6.45) is 3.42. The van der Waals surface area contributed by atoms with E-state index in [-0.39, 0.29) is 5.92 Å². The normalized spacial score (nSPS) is 16.0. The van der Waals surface area contributed by atoms with Crippen molar-refractivity contribution in [2.75, 3.05) is 37.6 Å². The Morgan fingerprint density at radius 1 is 1.36 bits per heavy atom. The van der Waals surface area contributed by atoms with E-state index in [2.05, 4.69) is 29.9 Å². The van der Waals surface area contributed by atoms with E-state index in [1.807, 2.05) is 25.4 Å². The second-order valence-corrected chi connectivity index (χ2v) is 7.21. The summed E-state index contributed by atoms with van der Waals surface area (Å²) >= 11 is 1.67. The minimum atomic E-state index is 0.286. The quantitative estimate of drug-likeness (QED) is 0.474. The number of aryl methyl sites for hydroxylation is 1. The number of hydrogen-bond donors (Lipinski definition) is 1. The Labute approximate surface area is 151 Å². The van der Waals surface area contributed by atoms with Crippen molar-refractivity contribution < 1.29 is 4.52 Å². The molecule has 136 valence electrons. The summed E-state index contributed by atoms with van der Waals surface area (Å²) in [4.78, 5) is 17.6. The SMILES string of the molecule is CC(C)c1noc(CCCN=C(N)N2CCN(c3nccs3)CC2)n1. The van der Waals surface area contributed by atoms with E-state index in [0.717, 1.165) is 50.0 Å². The van der Waals surface area contributed by atoms with Crippen molar-refractivity contribution >= 4 is 22.4 Å². The minimum Gasteiger partial charge on any atom is -0.370 e. The fourth-order valence-electron chi connectivity index (χ4n) is 2.63. The molecule has 2 aromatic heterocycles. The molecule has 0 spiro atoms. The first-order valence-corrected chi connectivity index (χ1v) is 9.53. The van der Waals surface area contributed by atoms with Crippen LogP contribution in [0.1, 0.15) is 37.9 Å². The van der Waals surface area contributed by atoms with Gasteiger partial charge in [-0.1, -0.05) is 19.0 Å². The van der Waals surface area contributed by atoms with Crippen LogP contribution >= 0.6 is 11.3 Å². The van der Waals surface area contributed by atoms with Crippen molar-refractivity contribution in [1.82, 2.24) is 20.0 Å². The molecule has 8 nitrogen and oxygen atoms in total. The lowest BCUT2D eigenvalue weighted by Gasteiger charge is -2.35. The van der Waals surface area contributed by atoms with Crippen molar-refractivity contribution in [3.05, 3.63) is 23.3 Å². The smallest absolute Gasteiger partial charge is 0.226 e. The first kappa shape index (κ1) is 17.7. The highest BCUT2D eigenvalue weighted by atomic mass is 32.1. The van der Waals surface area contributed by atoms with Gasteiger partial charge in [-0.25, -0.2) is 4.98 Å². The van der Waals surface area contributed by atoms with Crippen molar-refractivity contribution in [3.8, 4) is 0 Å². The van der Waals surface area contributed by atoms with Gasteiger partial charge in [0, 0.05) is 56.6 Å². The maximum absolute atomic E-state index is 6.13. The average molecular weight is 363 g/mol. The molecule has 0 bridgehead atoms. The predicted octanol–water partition coefficient (Wildman–Crippen LogP) is 1.72. The fourth-order valence-corrected chi connectivity index (χ4v) is 3.32. The molecule has 0 aromatic carbocycles. The number of anilines is 1. The Kier molecular flexibility index (Phi) is 5.85. The second kappa shape index (κ2) is 8.28. The van der Waals surface area contributed by atoms with Gasteiger partial charge in [-0.2, -0.15) is 4.98 Å². The first-order chi connectivity index (χ1) is 12.1. The standard InChI is InChI=1S/C16H25N7OS/c1-12(2)14-20-13(24-21-14)4-3-5-18-15(17)22-7-9-23(10-8-22)16-19-6-11-25-16/h6,11-12H,3-5,7-10H2,1-2H3,(H2,17,18). The topological polar surface area (TPSA) is 96.7 Å². The molecule has 9 heteroatoms. The van der Waals surface area contributed by atoms with Crippen molar-refractivity contribution in [2.45, 2.75) is 32.6 Å². The third-order valence-electron chi connectivity index (χ3n) is 4.12. The van der Waals surface area contributed by atoms with Crippen LogP contribution in [0.4, 0.5) is 5.13 Å². The molecule has 2 N–H and O–H groups in total. The Morgan fingerprint density at radius 2 is 2.16 bits per heavy atom. The summed E-state index contributed by atoms with van der Waals surface area (Å²) < 4.78 is 5.23. The summed E-state index contributed by atoms with van der Waals surface area (Å²) in [5.41, 5.74) is 6.13. The molecule has 0 aliphatic carbocycles. The summed E-state index contributed by atoms with van der Waals surface area (Å²) in [6.45, 7) is 8.35. The number of nitrogens with zero attached hydrogens (tertiary/aromatic N) is 6. The van der Waals surface area contributed by atoms with Gasteiger partial charge >= 0.3 is 0 Å². The predicted molar refractivity (Wildman–Crippen MR) is 99.1 cm³/mol. The van der Waals surface area contributed by atoms with Gasteiger partial charge in [-0.15, -0.1) is 11.3 Å². The number of rotatable bonds is 6. The molecular weight excluding hydrogens is 338 g/mol. The molecule has 2 aromatic rings. The van der Waals surface area contributed by atoms with Crippen molar-refractivity contribution in [1.29, 1.82) is 0 Å². The maximum Gasteiger partial charge on any atom is 0.226 e. The lowest BCUT2D eigenvalue weighted by atomic mass is 10.2. The highest BCUT2D eigenvalue weighted by Gasteiger charge is 2.19. The lowest BCUT2D eigenvalue weighted by molar-refractivity contribution is 0.368. The number of thiazole rings is 1. The Hall–Kier alpha value is -2.16. The number of aromatic nitrogens is 3. The Bertz CT molecular complexity index is 674. The molecule has 0 atom stereocenters. The van der Waals surface area contributed by atoms with Gasteiger partial charge in [0.1, 0.15) is 0 Å². The van der Waals surface area contributed by atoms with Gasteiger partial charge in [-0.05, 0) is 6.42 Å². The van der Waals surface area contributed by atoms with Gasteiger partial charge in [0.25, 0.3) is 0 Å². The van der Waals surface area contributed by atoms with Crippen LogP contribution in [0.25, 0.3) is 0 Å². The molecule has 3 rings (SSSR count). The fraction of sp³-hybridized carbons (Fsp3) is 0.625. The number of aliphatic imine (C=N–C) groups is 1. The summed E-state index contributed by atoms with van der Waals surface area (Å²) in [6, 6.07) is 0. The van der Waals surface area contributed by atoms with Gasteiger partial charge in [0.15, 0.2) is 16.9 Å².